The first-order valence-corrected chi connectivity index (χ1v) is 5.43. The first-order valence-electron chi connectivity index (χ1n) is 5.43. The van der Waals surface area contributed by atoms with Crippen LogP contribution in [0.5, 0.6) is 5.75 Å². The van der Waals surface area contributed by atoms with Gasteiger partial charge in [0.1, 0.15) is 5.75 Å². The van der Waals surface area contributed by atoms with E-state index in [4.69, 9.17) is 10.5 Å². The molecule has 4 nitrogen and oxygen atoms in total. The molecule has 2 rings (SSSR count). The Labute approximate surface area is 95.5 Å². The molecule has 2 atom stereocenters. The smallest absolute Gasteiger partial charge is 0.193 e. The van der Waals surface area contributed by atoms with Crippen molar-refractivity contribution in [2.75, 3.05) is 12.4 Å². The maximum absolute atomic E-state index is 5.80. The van der Waals surface area contributed by atoms with Crippen LogP contribution in [0.4, 0.5) is 5.69 Å². The molecule has 0 saturated heterocycles. The number of anilines is 1. The number of rotatable bonds is 3. The predicted octanol–water partition coefficient (Wildman–Crippen LogP) is 1.83. The number of aliphatic imine (C=N–C) groups is 1. The van der Waals surface area contributed by atoms with Gasteiger partial charge in [-0.1, -0.05) is 13.0 Å². The number of ether oxygens (including phenoxy) is 1. The zero-order chi connectivity index (χ0) is 11.5. The van der Waals surface area contributed by atoms with E-state index < -0.39 is 0 Å². The van der Waals surface area contributed by atoms with Crippen molar-refractivity contribution in [2.24, 2.45) is 16.6 Å². The Balaban J connectivity index is 2.00. The van der Waals surface area contributed by atoms with Crippen LogP contribution in [-0.4, -0.2) is 19.1 Å². The van der Waals surface area contributed by atoms with Gasteiger partial charge in [0.25, 0.3) is 0 Å². The molecule has 1 saturated carbocycles. The Morgan fingerprint density at radius 2 is 2.31 bits per heavy atom. The minimum atomic E-state index is 0.401. The van der Waals surface area contributed by atoms with E-state index in [2.05, 4.69) is 17.2 Å². The van der Waals surface area contributed by atoms with E-state index in [0.29, 0.717) is 17.9 Å². The summed E-state index contributed by atoms with van der Waals surface area (Å²) in [7, 11) is 1.64. The first kappa shape index (κ1) is 10.8. The summed E-state index contributed by atoms with van der Waals surface area (Å²) in [6.07, 6.45) is 1.14. The fraction of sp³-hybridized carbons (Fsp3) is 0.417. The van der Waals surface area contributed by atoms with Crippen LogP contribution in [0.25, 0.3) is 0 Å². The van der Waals surface area contributed by atoms with Crippen LogP contribution in [0.3, 0.4) is 0 Å². The summed E-state index contributed by atoms with van der Waals surface area (Å²) in [4.78, 5) is 4.36. The van der Waals surface area contributed by atoms with Gasteiger partial charge in [-0.15, -0.1) is 0 Å². The van der Waals surface area contributed by atoms with Crippen molar-refractivity contribution in [3.05, 3.63) is 24.3 Å². The summed E-state index contributed by atoms with van der Waals surface area (Å²) in [6.45, 7) is 2.17. The molecule has 4 heteroatoms. The Morgan fingerprint density at radius 3 is 2.94 bits per heavy atom. The summed E-state index contributed by atoms with van der Waals surface area (Å²) >= 11 is 0. The normalized spacial score (nSPS) is 24.0. The quantitative estimate of drug-likeness (QED) is 0.602. The second kappa shape index (κ2) is 4.43. The lowest BCUT2D eigenvalue weighted by Gasteiger charge is -2.07. The minimum Gasteiger partial charge on any atom is -0.497 e. The van der Waals surface area contributed by atoms with Gasteiger partial charge in [-0.25, -0.2) is 4.99 Å². The highest BCUT2D eigenvalue weighted by molar-refractivity contribution is 5.92. The number of hydrogen-bond acceptors (Lipinski definition) is 2. The SMILES string of the molecule is COc1cccc(NC(N)=NC2CC2C)c1. The van der Waals surface area contributed by atoms with Crippen LogP contribution >= 0.6 is 0 Å². The molecule has 86 valence electrons. The molecule has 1 aliphatic carbocycles. The summed E-state index contributed by atoms with van der Waals surface area (Å²) in [5.41, 5.74) is 6.70. The monoisotopic (exact) mass is 219 g/mol. The number of benzene rings is 1. The molecule has 3 N–H and O–H groups in total. The van der Waals surface area contributed by atoms with Crippen LogP contribution in [-0.2, 0) is 0 Å². The Morgan fingerprint density at radius 1 is 1.56 bits per heavy atom. The molecule has 0 aromatic heterocycles. The van der Waals surface area contributed by atoms with Gasteiger partial charge in [0.2, 0.25) is 0 Å². The Bertz CT molecular complexity index is 403. The highest BCUT2D eigenvalue weighted by atomic mass is 16.5. The fourth-order valence-corrected chi connectivity index (χ4v) is 1.54. The molecule has 2 unspecified atom stereocenters. The van der Waals surface area contributed by atoms with E-state index in [9.17, 15) is 0 Å². The van der Waals surface area contributed by atoms with E-state index in [-0.39, 0.29) is 0 Å². The summed E-state index contributed by atoms with van der Waals surface area (Å²) < 4.78 is 5.13. The average molecular weight is 219 g/mol. The van der Waals surface area contributed by atoms with E-state index in [0.717, 1.165) is 17.9 Å². The van der Waals surface area contributed by atoms with Gasteiger partial charge in [0.05, 0.1) is 13.2 Å². The molecular formula is C12H17N3O. The molecular weight excluding hydrogens is 202 g/mol. The van der Waals surface area contributed by atoms with Gasteiger partial charge in [0, 0.05) is 11.8 Å². The van der Waals surface area contributed by atoms with Crippen molar-refractivity contribution >= 4 is 11.6 Å². The number of hydrogen-bond donors (Lipinski definition) is 2. The zero-order valence-electron chi connectivity index (χ0n) is 9.60. The van der Waals surface area contributed by atoms with Gasteiger partial charge in [-0.3, -0.25) is 0 Å². The van der Waals surface area contributed by atoms with Gasteiger partial charge < -0.3 is 15.8 Å². The maximum Gasteiger partial charge on any atom is 0.193 e. The molecule has 16 heavy (non-hydrogen) atoms. The standard InChI is InChI=1S/C12H17N3O/c1-8-6-11(8)15-12(13)14-9-4-3-5-10(7-9)16-2/h3-5,7-8,11H,6H2,1-2H3,(H3,13,14,15). The third kappa shape index (κ3) is 2.66. The van der Waals surface area contributed by atoms with Crippen molar-refractivity contribution in [2.45, 2.75) is 19.4 Å². The Kier molecular flexibility index (Phi) is 2.99. The molecule has 1 aliphatic rings. The molecule has 0 heterocycles. The van der Waals surface area contributed by atoms with Crippen molar-refractivity contribution in [3.63, 3.8) is 0 Å². The first-order chi connectivity index (χ1) is 7.69. The van der Waals surface area contributed by atoms with Crippen molar-refractivity contribution in [3.8, 4) is 5.75 Å². The topological polar surface area (TPSA) is 59.6 Å². The summed E-state index contributed by atoms with van der Waals surface area (Å²) in [6, 6.07) is 8.02. The fourth-order valence-electron chi connectivity index (χ4n) is 1.54. The second-order valence-electron chi connectivity index (χ2n) is 4.15. The van der Waals surface area contributed by atoms with E-state index in [1.807, 2.05) is 24.3 Å². The number of methoxy groups -OCH3 is 1. The second-order valence-corrected chi connectivity index (χ2v) is 4.15. The third-order valence-corrected chi connectivity index (χ3v) is 2.71. The molecule has 0 spiro atoms. The lowest BCUT2D eigenvalue weighted by Crippen LogP contribution is -2.23. The van der Waals surface area contributed by atoms with Crippen LogP contribution in [0.15, 0.2) is 29.3 Å². The highest BCUT2D eigenvalue weighted by Gasteiger charge is 2.32. The zero-order valence-corrected chi connectivity index (χ0v) is 9.60. The minimum absolute atomic E-state index is 0.401. The average Bonchev–Trinajstić information content (AvgIpc) is 2.94. The molecule has 0 bridgehead atoms. The van der Waals surface area contributed by atoms with Gasteiger partial charge in [0.15, 0.2) is 5.96 Å². The van der Waals surface area contributed by atoms with Crippen molar-refractivity contribution < 1.29 is 4.74 Å². The molecule has 1 aromatic rings. The summed E-state index contributed by atoms with van der Waals surface area (Å²) in [5.74, 6) is 1.95. The number of nitrogens with one attached hydrogen (secondary N) is 1. The molecule has 0 amide bonds. The Hall–Kier alpha value is -1.71. The van der Waals surface area contributed by atoms with Crippen molar-refractivity contribution in [1.82, 2.24) is 0 Å². The lowest BCUT2D eigenvalue weighted by atomic mass is 10.3. The number of guanidine groups is 1. The molecule has 1 fully saturated rings. The summed E-state index contributed by atoms with van der Waals surface area (Å²) in [5, 5.41) is 3.06. The van der Waals surface area contributed by atoms with Crippen molar-refractivity contribution in [1.29, 1.82) is 0 Å². The number of nitrogens with zero attached hydrogens (tertiary/aromatic N) is 1. The van der Waals surface area contributed by atoms with E-state index >= 15 is 0 Å². The van der Waals surface area contributed by atoms with Gasteiger partial charge in [-0.05, 0) is 24.5 Å². The maximum atomic E-state index is 5.80. The molecule has 0 aliphatic heterocycles. The van der Waals surface area contributed by atoms with E-state index in [1.165, 1.54) is 0 Å². The van der Waals surface area contributed by atoms with Gasteiger partial charge in [-0.2, -0.15) is 0 Å². The lowest BCUT2D eigenvalue weighted by molar-refractivity contribution is 0.415. The van der Waals surface area contributed by atoms with E-state index in [1.54, 1.807) is 7.11 Å². The van der Waals surface area contributed by atoms with Crippen LogP contribution in [0.1, 0.15) is 13.3 Å². The molecule has 1 aromatic carbocycles. The van der Waals surface area contributed by atoms with Crippen LogP contribution in [0.2, 0.25) is 0 Å². The highest BCUT2D eigenvalue weighted by Crippen LogP contribution is 2.32. The number of nitrogens with two attached hydrogens (primary N) is 1. The molecule has 0 radical (unpaired) electrons. The van der Waals surface area contributed by atoms with Crippen LogP contribution < -0.4 is 15.8 Å². The predicted molar refractivity (Wildman–Crippen MR) is 65.8 cm³/mol. The third-order valence-electron chi connectivity index (χ3n) is 2.71. The van der Waals surface area contributed by atoms with Crippen LogP contribution in [0, 0.1) is 5.92 Å². The largest absolute Gasteiger partial charge is 0.497 e. The van der Waals surface area contributed by atoms with Gasteiger partial charge >= 0.3 is 0 Å².